The summed E-state index contributed by atoms with van der Waals surface area (Å²) in [6.45, 7) is 5.74. The molecule has 1 aromatic carbocycles. The van der Waals surface area contributed by atoms with Gasteiger partial charge in [0.15, 0.2) is 11.6 Å². The number of nitrogens with two attached hydrogens (primary N) is 1. The third-order valence-corrected chi connectivity index (χ3v) is 2.38. The van der Waals surface area contributed by atoms with Gasteiger partial charge in [-0.3, -0.25) is 0 Å². The van der Waals surface area contributed by atoms with Crippen LogP contribution in [0.3, 0.4) is 0 Å². The first-order valence-electron chi connectivity index (χ1n) is 5.26. The first-order valence-corrected chi connectivity index (χ1v) is 5.26. The van der Waals surface area contributed by atoms with Gasteiger partial charge in [-0.1, -0.05) is 13.0 Å². The second-order valence-electron chi connectivity index (χ2n) is 3.82. The van der Waals surface area contributed by atoms with Crippen molar-refractivity contribution in [3.63, 3.8) is 0 Å². The molecule has 1 aromatic rings. The molecule has 0 heterocycles. The van der Waals surface area contributed by atoms with Crippen molar-refractivity contribution in [2.75, 3.05) is 0 Å². The van der Waals surface area contributed by atoms with Crippen molar-refractivity contribution in [2.45, 2.75) is 39.3 Å². The minimum absolute atomic E-state index is 0.0284. The highest BCUT2D eigenvalue weighted by atomic mass is 19.1. The van der Waals surface area contributed by atoms with E-state index in [2.05, 4.69) is 0 Å². The van der Waals surface area contributed by atoms with Crippen molar-refractivity contribution >= 4 is 0 Å². The Morgan fingerprint density at radius 2 is 2.07 bits per heavy atom. The number of hydrogen-bond donors (Lipinski definition) is 1. The maximum Gasteiger partial charge on any atom is 0.165 e. The monoisotopic (exact) mass is 211 g/mol. The Hall–Kier alpha value is -1.09. The summed E-state index contributed by atoms with van der Waals surface area (Å²) in [6, 6.07) is 4.71. The van der Waals surface area contributed by atoms with Gasteiger partial charge in [0.05, 0.1) is 6.10 Å². The maximum atomic E-state index is 13.5. The molecule has 0 bridgehead atoms. The van der Waals surface area contributed by atoms with E-state index < -0.39 is 0 Å². The molecule has 1 rings (SSSR count). The van der Waals surface area contributed by atoms with Gasteiger partial charge in [-0.25, -0.2) is 4.39 Å². The molecule has 3 heteroatoms. The SMILES string of the molecule is CCC(C)Oc1ccc([C@@H](C)N)cc1F. The quantitative estimate of drug-likeness (QED) is 0.830. The summed E-state index contributed by atoms with van der Waals surface area (Å²) in [6.07, 6.45) is 0.884. The summed E-state index contributed by atoms with van der Waals surface area (Å²) in [5.74, 6) is -0.0427. The molecule has 0 aromatic heterocycles. The van der Waals surface area contributed by atoms with Crippen molar-refractivity contribution in [1.82, 2.24) is 0 Å². The molecule has 84 valence electrons. The zero-order valence-corrected chi connectivity index (χ0v) is 9.46. The summed E-state index contributed by atoms with van der Waals surface area (Å²) in [4.78, 5) is 0. The number of halogens is 1. The molecule has 0 aliphatic rings. The van der Waals surface area contributed by atoms with E-state index in [0.717, 1.165) is 12.0 Å². The average Bonchev–Trinajstić information content (AvgIpc) is 2.20. The number of hydrogen-bond acceptors (Lipinski definition) is 2. The van der Waals surface area contributed by atoms with Gasteiger partial charge in [0.2, 0.25) is 0 Å². The van der Waals surface area contributed by atoms with Crippen LogP contribution in [0.1, 0.15) is 38.8 Å². The van der Waals surface area contributed by atoms with Gasteiger partial charge in [-0.15, -0.1) is 0 Å². The van der Waals surface area contributed by atoms with Crippen LogP contribution in [0, 0.1) is 5.82 Å². The summed E-state index contributed by atoms with van der Waals surface area (Å²) in [5.41, 5.74) is 6.43. The largest absolute Gasteiger partial charge is 0.488 e. The molecular weight excluding hydrogens is 193 g/mol. The molecule has 2 atom stereocenters. The fraction of sp³-hybridized carbons (Fsp3) is 0.500. The lowest BCUT2D eigenvalue weighted by Crippen LogP contribution is -2.11. The second kappa shape index (κ2) is 5.12. The molecule has 0 fully saturated rings. The molecule has 0 saturated carbocycles. The van der Waals surface area contributed by atoms with Gasteiger partial charge in [0.1, 0.15) is 0 Å². The Morgan fingerprint density at radius 1 is 1.40 bits per heavy atom. The Morgan fingerprint density at radius 3 is 2.53 bits per heavy atom. The van der Waals surface area contributed by atoms with E-state index in [0.29, 0.717) is 5.75 Å². The van der Waals surface area contributed by atoms with E-state index in [1.54, 1.807) is 12.1 Å². The van der Waals surface area contributed by atoms with Crippen molar-refractivity contribution in [1.29, 1.82) is 0 Å². The molecular formula is C12H18FNO. The normalized spacial score (nSPS) is 14.7. The van der Waals surface area contributed by atoms with Crippen molar-refractivity contribution in [3.8, 4) is 5.75 Å². The van der Waals surface area contributed by atoms with Crippen LogP contribution in [0.2, 0.25) is 0 Å². The van der Waals surface area contributed by atoms with Gasteiger partial charge in [0, 0.05) is 6.04 Å². The van der Waals surface area contributed by atoms with Gasteiger partial charge >= 0.3 is 0 Å². The molecule has 0 radical (unpaired) electrons. The molecule has 2 N–H and O–H groups in total. The van der Waals surface area contributed by atoms with Crippen LogP contribution in [0.4, 0.5) is 4.39 Å². The predicted molar refractivity (Wildman–Crippen MR) is 59.4 cm³/mol. The summed E-state index contributed by atoms with van der Waals surface area (Å²) in [5, 5.41) is 0. The molecule has 0 spiro atoms. The summed E-state index contributed by atoms with van der Waals surface area (Å²) in [7, 11) is 0. The fourth-order valence-corrected chi connectivity index (χ4v) is 1.20. The molecule has 2 nitrogen and oxygen atoms in total. The third kappa shape index (κ3) is 3.20. The van der Waals surface area contributed by atoms with Crippen molar-refractivity contribution < 1.29 is 9.13 Å². The molecule has 1 unspecified atom stereocenters. The molecule has 0 saturated heterocycles. The van der Waals surface area contributed by atoms with E-state index >= 15 is 0 Å². The Labute approximate surface area is 90.2 Å². The summed E-state index contributed by atoms with van der Waals surface area (Å²) < 4.78 is 18.9. The number of benzene rings is 1. The standard InChI is InChI=1S/C12H18FNO/c1-4-8(2)15-12-6-5-10(9(3)14)7-11(12)13/h5-9H,4,14H2,1-3H3/t8?,9-/m1/s1. The maximum absolute atomic E-state index is 13.5. The Bertz CT molecular complexity index is 325. The minimum Gasteiger partial charge on any atom is -0.488 e. The Balaban J connectivity index is 2.83. The van der Waals surface area contributed by atoms with Crippen LogP contribution < -0.4 is 10.5 Å². The van der Waals surface area contributed by atoms with E-state index in [1.807, 2.05) is 20.8 Å². The van der Waals surface area contributed by atoms with Gasteiger partial charge in [-0.05, 0) is 38.0 Å². The van der Waals surface area contributed by atoms with E-state index in [4.69, 9.17) is 10.5 Å². The minimum atomic E-state index is -0.342. The lowest BCUT2D eigenvalue weighted by Gasteiger charge is -2.14. The number of rotatable bonds is 4. The highest BCUT2D eigenvalue weighted by molar-refractivity contribution is 5.30. The lowest BCUT2D eigenvalue weighted by atomic mass is 10.1. The first-order chi connectivity index (χ1) is 7.04. The van der Waals surface area contributed by atoms with Crippen LogP contribution in [-0.4, -0.2) is 6.10 Å². The van der Waals surface area contributed by atoms with Crippen LogP contribution in [0.5, 0.6) is 5.75 Å². The predicted octanol–water partition coefficient (Wildman–Crippen LogP) is 3.02. The molecule has 0 aliphatic carbocycles. The molecule has 15 heavy (non-hydrogen) atoms. The van der Waals surface area contributed by atoms with Crippen molar-refractivity contribution in [2.24, 2.45) is 5.73 Å². The molecule has 0 amide bonds. The van der Waals surface area contributed by atoms with Crippen molar-refractivity contribution in [3.05, 3.63) is 29.6 Å². The lowest BCUT2D eigenvalue weighted by molar-refractivity contribution is 0.207. The topological polar surface area (TPSA) is 35.2 Å². The van der Waals surface area contributed by atoms with Crippen LogP contribution in [0.15, 0.2) is 18.2 Å². The second-order valence-corrected chi connectivity index (χ2v) is 3.82. The van der Waals surface area contributed by atoms with Gasteiger partial charge < -0.3 is 10.5 Å². The smallest absolute Gasteiger partial charge is 0.165 e. The highest BCUT2D eigenvalue weighted by Crippen LogP contribution is 2.22. The third-order valence-electron chi connectivity index (χ3n) is 2.38. The zero-order chi connectivity index (χ0) is 11.4. The van der Waals surface area contributed by atoms with Gasteiger partial charge in [-0.2, -0.15) is 0 Å². The van der Waals surface area contributed by atoms with E-state index in [1.165, 1.54) is 6.07 Å². The first kappa shape index (κ1) is 12.0. The number of ether oxygens (including phenoxy) is 1. The van der Waals surface area contributed by atoms with E-state index in [9.17, 15) is 4.39 Å². The summed E-state index contributed by atoms with van der Waals surface area (Å²) >= 11 is 0. The fourth-order valence-electron chi connectivity index (χ4n) is 1.20. The van der Waals surface area contributed by atoms with Crippen LogP contribution in [0.25, 0.3) is 0 Å². The Kier molecular flexibility index (Phi) is 4.09. The highest BCUT2D eigenvalue weighted by Gasteiger charge is 2.09. The van der Waals surface area contributed by atoms with E-state index in [-0.39, 0.29) is 18.0 Å². The molecule has 0 aliphatic heterocycles. The van der Waals surface area contributed by atoms with Gasteiger partial charge in [0.25, 0.3) is 0 Å². The average molecular weight is 211 g/mol. The van der Waals surface area contributed by atoms with Crippen LogP contribution >= 0.6 is 0 Å². The zero-order valence-electron chi connectivity index (χ0n) is 9.46. The van der Waals surface area contributed by atoms with Crippen LogP contribution in [-0.2, 0) is 0 Å².